The molecule has 1 heterocycles. The quantitative estimate of drug-likeness (QED) is 0.0833. The van der Waals surface area contributed by atoms with Crippen LogP contribution in [0.25, 0.3) is 22.3 Å². The van der Waals surface area contributed by atoms with Gasteiger partial charge in [-0.3, -0.25) is 4.79 Å². The van der Waals surface area contributed by atoms with E-state index < -0.39 is 34.7 Å². The number of aliphatic hydroxyl groups is 2. The fraction of sp³-hybridized carbons (Fsp3) is 0.595. The molecule has 3 aromatic rings. The van der Waals surface area contributed by atoms with Crippen LogP contribution in [0, 0.1) is 5.41 Å². The average molecular weight is 625 g/mol. The van der Waals surface area contributed by atoms with Crippen molar-refractivity contribution in [1.29, 1.82) is 0 Å². The van der Waals surface area contributed by atoms with E-state index in [2.05, 4.69) is 31.2 Å². The molecule has 0 amide bonds. The predicted molar refractivity (Wildman–Crippen MR) is 181 cm³/mol. The Kier molecular flexibility index (Phi) is 13.1. The highest BCUT2D eigenvalue weighted by Gasteiger charge is 2.48. The SMILES string of the molecule is CCCCCc1ccc(-c2cc3ccc(OCCCC(O)C(O)CCCOC(=O)C(C)(CC(C)(C)N)C(C)(C)N)cc3o2)cc1. The molecule has 0 spiro atoms. The van der Waals surface area contributed by atoms with Gasteiger partial charge in [0.25, 0.3) is 0 Å². The zero-order valence-electron chi connectivity index (χ0n) is 28.2. The zero-order chi connectivity index (χ0) is 33.3. The van der Waals surface area contributed by atoms with Crippen LogP contribution in [0.3, 0.4) is 0 Å². The topological polar surface area (TPSA) is 141 Å². The van der Waals surface area contributed by atoms with Gasteiger partial charge in [0.15, 0.2) is 0 Å². The van der Waals surface area contributed by atoms with E-state index in [0.717, 1.165) is 28.7 Å². The number of furan rings is 1. The van der Waals surface area contributed by atoms with E-state index in [4.69, 9.17) is 25.4 Å². The molecule has 0 aliphatic heterocycles. The van der Waals surface area contributed by atoms with Crippen LogP contribution in [0.4, 0.5) is 0 Å². The zero-order valence-corrected chi connectivity index (χ0v) is 28.2. The third-order valence-electron chi connectivity index (χ3n) is 8.72. The lowest BCUT2D eigenvalue weighted by Crippen LogP contribution is -2.58. The normalized spacial score (nSPS) is 15.1. The van der Waals surface area contributed by atoms with Crippen molar-refractivity contribution >= 4 is 16.9 Å². The molecule has 250 valence electrons. The van der Waals surface area contributed by atoms with Crippen molar-refractivity contribution in [2.45, 2.75) is 123 Å². The van der Waals surface area contributed by atoms with Crippen molar-refractivity contribution in [2.24, 2.45) is 16.9 Å². The number of carbonyl (C=O) groups is 1. The van der Waals surface area contributed by atoms with E-state index >= 15 is 0 Å². The molecule has 3 atom stereocenters. The Morgan fingerprint density at radius 2 is 1.51 bits per heavy atom. The molecular weight excluding hydrogens is 568 g/mol. The van der Waals surface area contributed by atoms with E-state index in [0.29, 0.717) is 44.5 Å². The molecule has 0 radical (unpaired) electrons. The Bertz CT molecular complexity index is 1340. The monoisotopic (exact) mass is 624 g/mol. The molecule has 0 fully saturated rings. The maximum absolute atomic E-state index is 13.0. The lowest BCUT2D eigenvalue weighted by molar-refractivity contribution is -0.160. The van der Waals surface area contributed by atoms with Crippen LogP contribution in [0.15, 0.2) is 52.9 Å². The van der Waals surface area contributed by atoms with E-state index in [9.17, 15) is 15.0 Å². The molecule has 3 unspecified atom stereocenters. The standard InChI is InChI=1S/C37H56N2O6/c1-7-8-9-12-26-15-17-27(18-16-26)32-23-28-19-20-29(24-33(28)45-32)43-21-10-13-30(40)31(41)14-11-22-44-34(42)37(6,36(4,5)39)25-35(2,3)38/h15-20,23-24,30-31,40-41H,7-14,21-22,25,38-39H2,1-6H3. The Morgan fingerprint density at radius 1 is 0.867 bits per heavy atom. The lowest BCUT2D eigenvalue weighted by Gasteiger charge is -2.42. The fourth-order valence-electron chi connectivity index (χ4n) is 5.62. The summed E-state index contributed by atoms with van der Waals surface area (Å²) in [6.45, 7) is 11.8. The van der Waals surface area contributed by atoms with Gasteiger partial charge in [0.05, 0.1) is 30.8 Å². The summed E-state index contributed by atoms with van der Waals surface area (Å²) in [5, 5.41) is 21.9. The second-order valence-corrected chi connectivity index (χ2v) is 14.1. The first-order valence-electron chi connectivity index (χ1n) is 16.5. The summed E-state index contributed by atoms with van der Waals surface area (Å²) in [5.74, 6) is 1.11. The van der Waals surface area contributed by atoms with Crippen LogP contribution in [0.1, 0.15) is 98.5 Å². The minimum Gasteiger partial charge on any atom is -0.493 e. The summed E-state index contributed by atoms with van der Waals surface area (Å²) in [6, 6.07) is 16.4. The Morgan fingerprint density at radius 3 is 2.11 bits per heavy atom. The molecule has 0 saturated heterocycles. The third-order valence-corrected chi connectivity index (χ3v) is 8.72. The minimum absolute atomic E-state index is 0.129. The van der Waals surface area contributed by atoms with Crippen molar-refractivity contribution < 1.29 is 28.9 Å². The number of aryl methyl sites for hydroxylation is 1. The maximum Gasteiger partial charge on any atom is 0.313 e. The number of carbonyl (C=O) groups excluding carboxylic acids is 1. The number of nitrogens with two attached hydrogens (primary N) is 2. The van der Waals surface area contributed by atoms with Gasteiger partial charge >= 0.3 is 5.97 Å². The number of fused-ring (bicyclic) bond motifs is 1. The number of benzene rings is 2. The van der Waals surface area contributed by atoms with Crippen LogP contribution in [0.2, 0.25) is 0 Å². The number of hydrogen-bond acceptors (Lipinski definition) is 8. The van der Waals surface area contributed by atoms with Gasteiger partial charge in [-0.05, 0) is 103 Å². The van der Waals surface area contributed by atoms with Crippen molar-refractivity contribution in [3.63, 3.8) is 0 Å². The van der Waals surface area contributed by atoms with Gasteiger partial charge in [0.1, 0.15) is 17.1 Å². The maximum atomic E-state index is 13.0. The van der Waals surface area contributed by atoms with Crippen molar-refractivity contribution in [2.75, 3.05) is 13.2 Å². The highest BCUT2D eigenvalue weighted by molar-refractivity contribution is 5.84. The molecule has 0 saturated carbocycles. The molecule has 6 N–H and O–H groups in total. The van der Waals surface area contributed by atoms with Crippen LogP contribution in [0.5, 0.6) is 5.75 Å². The minimum atomic E-state index is -0.965. The van der Waals surface area contributed by atoms with Crippen LogP contribution in [-0.2, 0) is 16.0 Å². The Balaban J connectivity index is 1.40. The largest absolute Gasteiger partial charge is 0.493 e. The number of rotatable bonds is 19. The predicted octanol–water partition coefficient (Wildman–Crippen LogP) is 6.91. The number of unbranched alkanes of at least 4 members (excludes halogenated alkanes) is 2. The van der Waals surface area contributed by atoms with Gasteiger partial charge in [-0.15, -0.1) is 0 Å². The van der Waals surface area contributed by atoms with Crippen LogP contribution < -0.4 is 16.2 Å². The van der Waals surface area contributed by atoms with E-state index in [1.165, 1.54) is 24.8 Å². The van der Waals surface area contributed by atoms with Gasteiger partial charge in [-0.25, -0.2) is 0 Å². The van der Waals surface area contributed by atoms with Crippen molar-refractivity contribution in [1.82, 2.24) is 0 Å². The number of esters is 1. The molecule has 0 aliphatic carbocycles. The fourth-order valence-corrected chi connectivity index (χ4v) is 5.62. The first kappa shape index (κ1) is 36.6. The molecule has 3 rings (SSSR count). The van der Waals surface area contributed by atoms with Crippen LogP contribution in [-0.4, -0.2) is 52.7 Å². The van der Waals surface area contributed by atoms with E-state index in [1.807, 2.05) is 38.1 Å². The van der Waals surface area contributed by atoms with Gasteiger partial charge in [0, 0.05) is 28.1 Å². The molecule has 8 nitrogen and oxygen atoms in total. The van der Waals surface area contributed by atoms with Gasteiger partial charge in [-0.2, -0.15) is 0 Å². The summed E-state index contributed by atoms with van der Waals surface area (Å²) < 4.78 is 17.6. The van der Waals surface area contributed by atoms with E-state index in [1.54, 1.807) is 20.8 Å². The van der Waals surface area contributed by atoms with Crippen LogP contribution >= 0.6 is 0 Å². The number of aliphatic hydroxyl groups excluding tert-OH is 2. The highest BCUT2D eigenvalue weighted by Crippen LogP contribution is 2.38. The average Bonchev–Trinajstić information content (AvgIpc) is 3.39. The summed E-state index contributed by atoms with van der Waals surface area (Å²) in [4.78, 5) is 13.0. The molecule has 8 heteroatoms. The molecule has 0 aliphatic rings. The first-order chi connectivity index (χ1) is 21.1. The van der Waals surface area contributed by atoms with Gasteiger partial charge < -0.3 is 35.6 Å². The Labute approximate surface area is 269 Å². The first-order valence-corrected chi connectivity index (χ1v) is 16.5. The molecule has 2 aromatic carbocycles. The smallest absolute Gasteiger partial charge is 0.313 e. The second-order valence-electron chi connectivity index (χ2n) is 14.1. The van der Waals surface area contributed by atoms with Crippen molar-refractivity contribution in [3.05, 3.63) is 54.1 Å². The third kappa shape index (κ3) is 10.8. The molecule has 45 heavy (non-hydrogen) atoms. The molecule has 0 bridgehead atoms. The lowest BCUT2D eigenvalue weighted by atomic mass is 9.67. The second kappa shape index (κ2) is 16.1. The summed E-state index contributed by atoms with van der Waals surface area (Å²) in [6.07, 6.45) is 5.01. The van der Waals surface area contributed by atoms with Crippen molar-refractivity contribution in [3.8, 4) is 17.1 Å². The van der Waals surface area contributed by atoms with E-state index in [-0.39, 0.29) is 6.61 Å². The number of hydrogen-bond donors (Lipinski definition) is 4. The Hall–Kier alpha value is -2.91. The van der Waals surface area contributed by atoms with Gasteiger partial charge in [0.2, 0.25) is 0 Å². The van der Waals surface area contributed by atoms with Gasteiger partial charge in [-0.1, -0.05) is 44.0 Å². The molecule has 1 aromatic heterocycles. The summed E-state index contributed by atoms with van der Waals surface area (Å²) in [7, 11) is 0. The summed E-state index contributed by atoms with van der Waals surface area (Å²) in [5.41, 5.74) is 13.3. The highest BCUT2D eigenvalue weighted by atomic mass is 16.5. The number of ether oxygens (including phenoxy) is 2. The summed E-state index contributed by atoms with van der Waals surface area (Å²) >= 11 is 0. The molecular formula is C37H56N2O6.